The van der Waals surface area contributed by atoms with E-state index in [1.54, 1.807) is 0 Å². The molecule has 0 amide bonds. The molecule has 0 aromatic heterocycles. The highest BCUT2D eigenvalue weighted by molar-refractivity contribution is 5.84. The van der Waals surface area contributed by atoms with E-state index in [2.05, 4.69) is 0 Å². The summed E-state index contributed by atoms with van der Waals surface area (Å²) in [7, 11) is 1.15. The SMILES string of the molecule is CO[C@H](O[C@@H]1O[C@H](COC(C)=O)[C@@H](OC(C)=O)[C@H](OC(C)=O)[C@H]1OC(C)=O)[C@@](C)(O)C(C)=O. The molecule has 1 fully saturated rings. The summed E-state index contributed by atoms with van der Waals surface area (Å²) >= 11 is 0. The van der Waals surface area contributed by atoms with Gasteiger partial charge in [0, 0.05) is 34.8 Å². The Morgan fingerprint density at radius 2 is 1.33 bits per heavy atom. The standard InChI is InChI=1S/C20H30O13/c1-9(21)20(6,26)19(27-7)33-18-17(31-13(5)25)16(30-12(4)24)15(29-11(3)23)14(32-18)8-28-10(2)22/h14-19,26H,8H2,1-7H3/t14-,15-,16+,17-,18+,19-,20+/m1/s1. The zero-order valence-corrected chi connectivity index (χ0v) is 19.5. The number of ether oxygens (including phenoxy) is 7. The van der Waals surface area contributed by atoms with Gasteiger partial charge < -0.3 is 38.3 Å². The summed E-state index contributed by atoms with van der Waals surface area (Å²) < 4.78 is 37.1. The summed E-state index contributed by atoms with van der Waals surface area (Å²) in [6, 6.07) is 0. The lowest BCUT2D eigenvalue weighted by molar-refractivity contribution is -0.352. The molecule has 7 atom stereocenters. The van der Waals surface area contributed by atoms with Crippen LogP contribution in [-0.2, 0) is 57.1 Å². The van der Waals surface area contributed by atoms with Crippen LogP contribution in [-0.4, -0.2) is 91.1 Å². The fraction of sp³-hybridized carbons (Fsp3) is 0.750. The van der Waals surface area contributed by atoms with Crippen molar-refractivity contribution in [3.63, 3.8) is 0 Å². The van der Waals surface area contributed by atoms with Gasteiger partial charge in [-0.05, 0) is 13.8 Å². The molecule has 1 rings (SSSR count). The van der Waals surface area contributed by atoms with Crippen LogP contribution in [0.2, 0.25) is 0 Å². The maximum atomic E-state index is 11.9. The fourth-order valence-corrected chi connectivity index (χ4v) is 3.00. The molecule has 0 aromatic carbocycles. The van der Waals surface area contributed by atoms with Crippen LogP contribution in [0, 0.1) is 0 Å². The van der Waals surface area contributed by atoms with Crippen LogP contribution in [0.3, 0.4) is 0 Å². The number of hydrogen-bond acceptors (Lipinski definition) is 13. The lowest BCUT2D eigenvalue weighted by Crippen LogP contribution is -2.64. The maximum absolute atomic E-state index is 11.9. The van der Waals surface area contributed by atoms with Gasteiger partial charge in [0.2, 0.25) is 6.29 Å². The monoisotopic (exact) mass is 478 g/mol. The van der Waals surface area contributed by atoms with Crippen molar-refractivity contribution in [1.29, 1.82) is 0 Å². The van der Waals surface area contributed by atoms with Crippen molar-refractivity contribution in [2.75, 3.05) is 13.7 Å². The Morgan fingerprint density at radius 3 is 1.76 bits per heavy atom. The highest BCUT2D eigenvalue weighted by atomic mass is 16.8. The smallest absolute Gasteiger partial charge is 0.303 e. The number of carbonyl (C=O) groups is 5. The normalized spacial score (nSPS) is 27.5. The summed E-state index contributed by atoms with van der Waals surface area (Å²) in [5.41, 5.74) is -2.14. The van der Waals surface area contributed by atoms with Crippen molar-refractivity contribution in [3.8, 4) is 0 Å². The van der Waals surface area contributed by atoms with Crippen LogP contribution >= 0.6 is 0 Å². The minimum atomic E-state index is -2.14. The van der Waals surface area contributed by atoms with Gasteiger partial charge in [-0.25, -0.2) is 0 Å². The molecule has 1 aliphatic heterocycles. The predicted octanol–water partition coefficient (Wildman–Crippen LogP) is -0.601. The van der Waals surface area contributed by atoms with Crippen molar-refractivity contribution in [2.24, 2.45) is 0 Å². The quantitative estimate of drug-likeness (QED) is 0.240. The molecule has 13 nitrogen and oxygen atoms in total. The van der Waals surface area contributed by atoms with Crippen LogP contribution in [0.1, 0.15) is 41.5 Å². The molecule has 188 valence electrons. The van der Waals surface area contributed by atoms with E-state index in [1.165, 1.54) is 0 Å². The molecule has 0 spiro atoms. The van der Waals surface area contributed by atoms with Crippen molar-refractivity contribution in [2.45, 2.75) is 84.1 Å². The number of carbonyl (C=O) groups excluding carboxylic acids is 5. The Balaban J connectivity index is 3.47. The number of rotatable bonds is 10. The fourth-order valence-electron chi connectivity index (χ4n) is 3.00. The number of Topliss-reactive ketones (excluding diaryl/α,β-unsaturated/α-hetero) is 1. The molecule has 1 N–H and O–H groups in total. The molecule has 1 saturated heterocycles. The number of esters is 4. The number of aliphatic hydroxyl groups is 1. The topological polar surface area (TPSA) is 170 Å². The Morgan fingerprint density at radius 1 is 0.848 bits per heavy atom. The van der Waals surface area contributed by atoms with Gasteiger partial charge in [-0.2, -0.15) is 0 Å². The van der Waals surface area contributed by atoms with Crippen molar-refractivity contribution >= 4 is 29.7 Å². The van der Waals surface area contributed by atoms with E-state index in [0.717, 1.165) is 48.7 Å². The van der Waals surface area contributed by atoms with Gasteiger partial charge >= 0.3 is 23.9 Å². The first-order valence-corrected chi connectivity index (χ1v) is 9.92. The summed E-state index contributed by atoms with van der Waals surface area (Å²) in [6.45, 7) is 6.12. The number of ketones is 1. The van der Waals surface area contributed by atoms with E-state index in [0.29, 0.717) is 0 Å². The third-order valence-corrected chi connectivity index (χ3v) is 4.59. The summed E-state index contributed by atoms with van der Waals surface area (Å²) in [5.74, 6) is -3.83. The molecule has 0 aromatic rings. The molecule has 1 aliphatic rings. The molecule has 33 heavy (non-hydrogen) atoms. The largest absolute Gasteiger partial charge is 0.463 e. The molecule has 1 heterocycles. The second kappa shape index (κ2) is 12.0. The molecule has 0 radical (unpaired) electrons. The first kappa shape index (κ1) is 28.4. The van der Waals surface area contributed by atoms with Crippen molar-refractivity contribution in [3.05, 3.63) is 0 Å². The highest BCUT2D eigenvalue weighted by Crippen LogP contribution is 2.32. The van der Waals surface area contributed by atoms with Gasteiger partial charge in [0.1, 0.15) is 12.7 Å². The molecule has 0 aliphatic carbocycles. The molecular formula is C20H30O13. The van der Waals surface area contributed by atoms with E-state index in [9.17, 15) is 29.1 Å². The molecule has 0 bridgehead atoms. The Labute approximate surface area is 190 Å². The Bertz CT molecular complexity index is 746. The third kappa shape index (κ3) is 8.03. The maximum Gasteiger partial charge on any atom is 0.303 e. The zero-order valence-electron chi connectivity index (χ0n) is 19.5. The van der Waals surface area contributed by atoms with Gasteiger partial charge in [0.25, 0.3) is 0 Å². The summed E-state index contributed by atoms with van der Waals surface area (Å²) in [4.78, 5) is 58.5. The first-order chi connectivity index (χ1) is 15.2. The number of methoxy groups -OCH3 is 1. The first-order valence-electron chi connectivity index (χ1n) is 9.92. The van der Waals surface area contributed by atoms with Crippen molar-refractivity contribution < 1.29 is 62.2 Å². The molecular weight excluding hydrogens is 448 g/mol. The van der Waals surface area contributed by atoms with Crippen LogP contribution in [0.25, 0.3) is 0 Å². The van der Waals surface area contributed by atoms with Gasteiger partial charge in [-0.3, -0.25) is 24.0 Å². The van der Waals surface area contributed by atoms with Crippen LogP contribution in [0.15, 0.2) is 0 Å². The van der Waals surface area contributed by atoms with Crippen LogP contribution < -0.4 is 0 Å². The third-order valence-electron chi connectivity index (χ3n) is 4.59. The molecule has 13 heteroatoms. The predicted molar refractivity (Wildman–Crippen MR) is 105 cm³/mol. The second-order valence-corrected chi connectivity index (χ2v) is 7.48. The van der Waals surface area contributed by atoms with Crippen LogP contribution in [0.4, 0.5) is 0 Å². The zero-order chi connectivity index (χ0) is 25.5. The Hall–Kier alpha value is -2.61. The van der Waals surface area contributed by atoms with E-state index >= 15 is 0 Å². The summed E-state index contributed by atoms with van der Waals surface area (Å²) in [6.07, 6.45) is -8.83. The van der Waals surface area contributed by atoms with Gasteiger partial charge in [-0.1, -0.05) is 0 Å². The lowest BCUT2D eigenvalue weighted by Gasteiger charge is -2.45. The van der Waals surface area contributed by atoms with Gasteiger partial charge in [-0.15, -0.1) is 0 Å². The van der Waals surface area contributed by atoms with E-state index in [1.807, 2.05) is 0 Å². The second-order valence-electron chi connectivity index (χ2n) is 7.48. The highest BCUT2D eigenvalue weighted by Gasteiger charge is 2.54. The van der Waals surface area contributed by atoms with E-state index < -0.39 is 78.9 Å². The lowest BCUT2D eigenvalue weighted by atomic mass is 9.97. The Kier molecular flexibility index (Phi) is 10.4. The minimum Gasteiger partial charge on any atom is -0.463 e. The molecule has 0 unspecified atom stereocenters. The van der Waals surface area contributed by atoms with Crippen molar-refractivity contribution in [1.82, 2.24) is 0 Å². The van der Waals surface area contributed by atoms with Gasteiger partial charge in [0.15, 0.2) is 36.0 Å². The summed E-state index contributed by atoms with van der Waals surface area (Å²) in [5, 5.41) is 10.5. The average Bonchev–Trinajstić information content (AvgIpc) is 2.67. The molecule has 0 saturated carbocycles. The van der Waals surface area contributed by atoms with E-state index in [4.69, 9.17) is 33.2 Å². The van der Waals surface area contributed by atoms with E-state index in [-0.39, 0.29) is 0 Å². The van der Waals surface area contributed by atoms with Gasteiger partial charge in [0.05, 0.1) is 0 Å². The van der Waals surface area contributed by atoms with Crippen LogP contribution in [0.5, 0.6) is 0 Å². The number of hydrogen-bond donors (Lipinski definition) is 1. The average molecular weight is 478 g/mol. The minimum absolute atomic E-state index is 0.460.